The summed E-state index contributed by atoms with van der Waals surface area (Å²) in [7, 11) is 2.67. The van der Waals surface area contributed by atoms with E-state index in [1.54, 1.807) is 0 Å². The number of nitrogens with zero attached hydrogens (tertiary/aromatic N) is 2. The number of Topliss-reactive ketones (excluding diaryl/α,β-unsaturated/α-hetero) is 1. The van der Waals surface area contributed by atoms with E-state index in [9.17, 15) is 23.2 Å². The molecule has 0 bridgehead atoms. The van der Waals surface area contributed by atoms with Crippen molar-refractivity contribution in [3.8, 4) is 0 Å². The zero-order valence-electron chi connectivity index (χ0n) is 10.6. The van der Waals surface area contributed by atoms with Crippen LogP contribution >= 0.6 is 0 Å². The molecule has 0 unspecified atom stereocenters. The van der Waals surface area contributed by atoms with E-state index in [0.29, 0.717) is 0 Å². The summed E-state index contributed by atoms with van der Waals surface area (Å²) in [6.45, 7) is -0.951. The molecule has 1 heterocycles. The Kier molecular flexibility index (Phi) is 5.11. The van der Waals surface area contributed by atoms with Crippen molar-refractivity contribution in [1.82, 2.24) is 9.13 Å². The Morgan fingerprint density at radius 2 is 2.00 bits per heavy atom. The number of alkyl halides is 2. The fourth-order valence-corrected chi connectivity index (χ4v) is 1.47. The normalized spacial score (nSPS) is 11.0. The molecule has 0 fully saturated rings. The van der Waals surface area contributed by atoms with Gasteiger partial charge in [0.15, 0.2) is 5.78 Å². The summed E-state index contributed by atoms with van der Waals surface area (Å²) in [5.41, 5.74) is -1.41. The molecule has 0 saturated carbocycles. The van der Waals surface area contributed by atoms with Crippen molar-refractivity contribution in [2.45, 2.75) is 12.8 Å². The van der Waals surface area contributed by atoms with Gasteiger partial charge in [-0.3, -0.25) is 14.2 Å². The van der Waals surface area contributed by atoms with Gasteiger partial charge in [-0.25, -0.2) is 13.6 Å². The molecule has 1 aromatic heterocycles. The quantitative estimate of drug-likeness (QED) is 0.539. The van der Waals surface area contributed by atoms with E-state index in [1.165, 1.54) is 14.1 Å². The summed E-state index contributed by atoms with van der Waals surface area (Å²) >= 11 is 0. The van der Waals surface area contributed by atoms with Gasteiger partial charge in [0.05, 0.1) is 12.2 Å². The van der Waals surface area contributed by atoms with Crippen LogP contribution in [-0.4, -0.2) is 34.6 Å². The van der Waals surface area contributed by atoms with Crippen LogP contribution in [0.25, 0.3) is 0 Å². The fraction of sp³-hybridized carbons (Fsp3) is 0.545. The molecule has 0 atom stereocenters. The third kappa shape index (κ3) is 3.82. The molecule has 0 radical (unpaired) electrons. The summed E-state index contributed by atoms with van der Waals surface area (Å²) in [6, 6.07) is 0. The van der Waals surface area contributed by atoms with Crippen LogP contribution in [0.3, 0.4) is 0 Å². The van der Waals surface area contributed by atoms with Gasteiger partial charge < -0.3 is 9.30 Å². The largest absolute Gasteiger partial charge is 0.375 e. The Morgan fingerprint density at radius 3 is 2.58 bits per heavy atom. The summed E-state index contributed by atoms with van der Waals surface area (Å²) in [5.74, 6) is -0.550. The molecule has 0 aliphatic carbocycles. The number of hydrogen-bond donors (Lipinski definition) is 0. The Balaban J connectivity index is 2.79. The lowest BCUT2D eigenvalue weighted by Gasteiger charge is -2.06. The van der Waals surface area contributed by atoms with Crippen molar-refractivity contribution in [3.05, 3.63) is 32.6 Å². The van der Waals surface area contributed by atoms with Crippen molar-refractivity contribution < 1.29 is 18.3 Å². The fourth-order valence-electron chi connectivity index (χ4n) is 1.47. The van der Waals surface area contributed by atoms with E-state index in [2.05, 4.69) is 4.74 Å². The van der Waals surface area contributed by atoms with Gasteiger partial charge in [-0.2, -0.15) is 0 Å². The second kappa shape index (κ2) is 6.37. The first-order chi connectivity index (χ1) is 8.84. The maximum absolute atomic E-state index is 11.8. The number of ketones is 1. The monoisotopic (exact) mass is 276 g/mol. The predicted molar refractivity (Wildman–Crippen MR) is 62.7 cm³/mol. The zero-order chi connectivity index (χ0) is 14.6. The smallest absolute Gasteiger partial charge is 0.330 e. The molecule has 0 aromatic carbocycles. The minimum absolute atomic E-state index is 0.162. The molecule has 1 rings (SSSR count). The first-order valence-electron chi connectivity index (χ1n) is 5.50. The molecule has 0 saturated heterocycles. The van der Waals surface area contributed by atoms with Crippen LogP contribution in [0.5, 0.6) is 0 Å². The first-order valence-corrected chi connectivity index (χ1v) is 5.50. The summed E-state index contributed by atoms with van der Waals surface area (Å²) in [4.78, 5) is 34.8. The van der Waals surface area contributed by atoms with Gasteiger partial charge in [-0.05, 0) is 0 Å². The van der Waals surface area contributed by atoms with E-state index in [0.717, 1.165) is 15.3 Å². The van der Waals surface area contributed by atoms with Crippen LogP contribution in [-0.2, 0) is 18.8 Å². The van der Waals surface area contributed by atoms with Crippen LogP contribution in [0.1, 0.15) is 16.8 Å². The Bertz CT molecular complexity index is 577. The van der Waals surface area contributed by atoms with Gasteiger partial charge in [-0.1, -0.05) is 0 Å². The van der Waals surface area contributed by atoms with E-state index in [-0.39, 0.29) is 18.6 Å². The third-order valence-corrected chi connectivity index (χ3v) is 2.46. The average Bonchev–Trinajstić information content (AvgIpc) is 2.36. The van der Waals surface area contributed by atoms with Crippen molar-refractivity contribution >= 4 is 5.78 Å². The molecule has 0 aliphatic rings. The molecular weight excluding hydrogens is 262 g/mol. The second-order valence-electron chi connectivity index (χ2n) is 3.94. The van der Waals surface area contributed by atoms with E-state index < -0.39 is 30.1 Å². The number of halogens is 2. The number of ether oxygens (including phenoxy) is 1. The molecule has 0 amide bonds. The van der Waals surface area contributed by atoms with Crippen LogP contribution in [0.4, 0.5) is 8.78 Å². The van der Waals surface area contributed by atoms with Crippen LogP contribution in [0.2, 0.25) is 0 Å². The highest BCUT2D eigenvalue weighted by molar-refractivity contribution is 5.95. The SMILES string of the molecule is Cn1cc(C(=O)CCOCC(F)F)c(=O)n(C)c1=O. The molecule has 0 aliphatic heterocycles. The lowest BCUT2D eigenvalue weighted by Crippen LogP contribution is -2.39. The van der Waals surface area contributed by atoms with E-state index >= 15 is 0 Å². The minimum Gasteiger partial charge on any atom is -0.375 e. The first kappa shape index (κ1) is 15.2. The molecule has 106 valence electrons. The van der Waals surface area contributed by atoms with Crippen LogP contribution in [0, 0.1) is 0 Å². The molecular formula is C11H14F2N2O4. The highest BCUT2D eigenvalue weighted by Gasteiger charge is 2.14. The highest BCUT2D eigenvalue weighted by atomic mass is 19.3. The van der Waals surface area contributed by atoms with Gasteiger partial charge in [-0.15, -0.1) is 0 Å². The molecule has 0 spiro atoms. The average molecular weight is 276 g/mol. The van der Waals surface area contributed by atoms with Gasteiger partial charge in [0, 0.05) is 26.7 Å². The Hall–Kier alpha value is -1.83. The van der Waals surface area contributed by atoms with E-state index in [4.69, 9.17) is 0 Å². The molecule has 19 heavy (non-hydrogen) atoms. The maximum atomic E-state index is 11.8. The predicted octanol–water partition coefficient (Wildman–Crippen LogP) is -0.0615. The minimum atomic E-state index is -2.60. The topological polar surface area (TPSA) is 70.3 Å². The van der Waals surface area contributed by atoms with Gasteiger partial charge in [0.1, 0.15) is 6.61 Å². The zero-order valence-corrected chi connectivity index (χ0v) is 10.6. The summed E-state index contributed by atoms with van der Waals surface area (Å²) < 4.78 is 30.1. The van der Waals surface area contributed by atoms with E-state index in [1.807, 2.05) is 0 Å². The Labute approximate surface area is 107 Å². The third-order valence-electron chi connectivity index (χ3n) is 2.46. The van der Waals surface area contributed by atoms with Crippen molar-refractivity contribution in [2.75, 3.05) is 13.2 Å². The highest BCUT2D eigenvalue weighted by Crippen LogP contribution is 1.98. The van der Waals surface area contributed by atoms with Crippen molar-refractivity contribution in [3.63, 3.8) is 0 Å². The van der Waals surface area contributed by atoms with Gasteiger partial charge >= 0.3 is 5.69 Å². The maximum Gasteiger partial charge on any atom is 0.330 e. The molecule has 0 N–H and O–H groups in total. The standard InChI is InChI=1S/C11H14F2N2O4/c1-14-5-7(10(17)15(2)11(14)18)8(16)3-4-19-6-9(12)13/h5,9H,3-4,6H2,1-2H3. The lowest BCUT2D eigenvalue weighted by atomic mass is 10.1. The summed E-state index contributed by atoms with van der Waals surface area (Å²) in [5, 5.41) is 0. The number of rotatable bonds is 6. The number of carbonyl (C=O) groups is 1. The van der Waals surface area contributed by atoms with Crippen LogP contribution < -0.4 is 11.2 Å². The molecule has 8 heteroatoms. The Morgan fingerprint density at radius 1 is 1.37 bits per heavy atom. The van der Waals surface area contributed by atoms with Gasteiger partial charge in [0.25, 0.3) is 12.0 Å². The second-order valence-corrected chi connectivity index (χ2v) is 3.94. The number of hydrogen-bond acceptors (Lipinski definition) is 4. The number of aryl methyl sites for hydroxylation is 1. The lowest BCUT2D eigenvalue weighted by molar-refractivity contribution is 0.0169. The number of carbonyl (C=O) groups excluding carboxylic acids is 1. The molecule has 6 nitrogen and oxygen atoms in total. The van der Waals surface area contributed by atoms with Gasteiger partial charge in [0.2, 0.25) is 0 Å². The molecule has 1 aromatic rings. The van der Waals surface area contributed by atoms with Crippen molar-refractivity contribution in [1.29, 1.82) is 0 Å². The number of aromatic nitrogens is 2. The summed E-state index contributed by atoms with van der Waals surface area (Å²) in [6.07, 6.45) is -1.65. The van der Waals surface area contributed by atoms with Crippen molar-refractivity contribution in [2.24, 2.45) is 14.1 Å². The van der Waals surface area contributed by atoms with Crippen LogP contribution in [0.15, 0.2) is 15.8 Å².